The van der Waals surface area contributed by atoms with E-state index < -0.39 is 34.2 Å². The number of rotatable bonds is 2. The second-order valence-corrected chi connectivity index (χ2v) is 5.83. The molecule has 0 aromatic heterocycles. The number of aliphatic hydroxyl groups excluding tert-OH is 1. The first-order valence-electron chi connectivity index (χ1n) is 3.96. The van der Waals surface area contributed by atoms with Crippen molar-refractivity contribution in [1.82, 2.24) is 0 Å². The Kier molecular flexibility index (Phi) is 2.64. The van der Waals surface area contributed by atoms with Gasteiger partial charge in [0.25, 0.3) is 0 Å². The highest BCUT2D eigenvalue weighted by molar-refractivity contribution is 7.91. The van der Waals surface area contributed by atoms with Crippen molar-refractivity contribution in [1.29, 1.82) is 0 Å². The van der Waals surface area contributed by atoms with Gasteiger partial charge in [0, 0.05) is 12.3 Å². The quantitative estimate of drug-likeness (QED) is 0.725. The second kappa shape index (κ2) is 3.16. The van der Waals surface area contributed by atoms with Gasteiger partial charge < -0.3 is 5.11 Å². The Balaban J connectivity index is 2.64. The Morgan fingerprint density at radius 1 is 1.46 bits per heavy atom. The lowest BCUT2D eigenvalue weighted by atomic mass is 9.99. The molecule has 0 radical (unpaired) electrons. The molecule has 1 saturated heterocycles. The Bertz CT molecular complexity index is 281. The number of hydrogen-bond acceptors (Lipinski definition) is 3. The third-order valence-electron chi connectivity index (χ3n) is 2.06. The molecular weight excluding hydrogens is 202 g/mol. The Morgan fingerprint density at radius 2 is 2.00 bits per heavy atom. The summed E-state index contributed by atoms with van der Waals surface area (Å²) in [4.78, 5) is 0. The van der Waals surface area contributed by atoms with Gasteiger partial charge in [-0.2, -0.15) is 0 Å². The molecule has 1 heterocycles. The molecule has 0 bridgehead atoms. The van der Waals surface area contributed by atoms with Crippen LogP contribution in [-0.4, -0.2) is 37.1 Å². The van der Waals surface area contributed by atoms with Gasteiger partial charge in [-0.3, -0.25) is 0 Å². The minimum absolute atomic E-state index is 0.322. The SMILES string of the molecule is CC(F)(F)CC1CS(=O)(=O)CC1O. The predicted molar refractivity (Wildman–Crippen MR) is 43.4 cm³/mol. The molecule has 0 saturated carbocycles. The van der Waals surface area contributed by atoms with Crippen LogP contribution in [0.25, 0.3) is 0 Å². The maximum atomic E-state index is 12.5. The van der Waals surface area contributed by atoms with Crippen LogP contribution >= 0.6 is 0 Å². The van der Waals surface area contributed by atoms with Crippen LogP contribution in [0.3, 0.4) is 0 Å². The summed E-state index contributed by atoms with van der Waals surface area (Å²) in [5.41, 5.74) is 0. The molecule has 3 nitrogen and oxygen atoms in total. The third-order valence-corrected chi connectivity index (χ3v) is 3.84. The molecule has 13 heavy (non-hydrogen) atoms. The van der Waals surface area contributed by atoms with Crippen LogP contribution in [0.2, 0.25) is 0 Å². The van der Waals surface area contributed by atoms with Crippen LogP contribution in [0, 0.1) is 5.92 Å². The summed E-state index contributed by atoms with van der Waals surface area (Å²) < 4.78 is 46.9. The Labute approximate surface area is 75.7 Å². The van der Waals surface area contributed by atoms with Crippen LogP contribution in [0.4, 0.5) is 8.78 Å². The van der Waals surface area contributed by atoms with Gasteiger partial charge in [-0.05, 0) is 6.92 Å². The molecule has 2 unspecified atom stereocenters. The number of aliphatic hydroxyl groups is 1. The van der Waals surface area contributed by atoms with Gasteiger partial charge in [-0.1, -0.05) is 0 Å². The van der Waals surface area contributed by atoms with Gasteiger partial charge in [0.15, 0.2) is 9.84 Å². The van der Waals surface area contributed by atoms with Crippen LogP contribution in [-0.2, 0) is 9.84 Å². The maximum absolute atomic E-state index is 12.5. The van der Waals surface area contributed by atoms with E-state index in [1.807, 2.05) is 0 Å². The summed E-state index contributed by atoms with van der Waals surface area (Å²) in [6, 6.07) is 0. The summed E-state index contributed by atoms with van der Waals surface area (Å²) >= 11 is 0. The Morgan fingerprint density at radius 3 is 2.31 bits per heavy atom. The van der Waals surface area contributed by atoms with E-state index in [1.165, 1.54) is 0 Å². The van der Waals surface area contributed by atoms with Crippen LogP contribution < -0.4 is 0 Å². The molecule has 0 aliphatic carbocycles. The lowest BCUT2D eigenvalue weighted by molar-refractivity contribution is -0.0176. The van der Waals surface area contributed by atoms with Crippen molar-refractivity contribution in [3.8, 4) is 0 Å². The highest BCUT2D eigenvalue weighted by Crippen LogP contribution is 2.30. The van der Waals surface area contributed by atoms with E-state index in [9.17, 15) is 22.3 Å². The molecular formula is C7H12F2O3S. The van der Waals surface area contributed by atoms with Crippen molar-refractivity contribution >= 4 is 9.84 Å². The molecule has 0 amide bonds. The van der Waals surface area contributed by atoms with E-state index in [4.69, 9.17) is 0 Å². The summed E-state index contributed by atoms with van der Waals surface area (Å²) in [5, 5.41) is 9.18. The molecule has 1 aliphatic rings. The first kappa shape index (κ1) is 10.8. The zero-order valence-electron chi connectivity index (χ0n) is 7.20. The molecule has 0 aromatic rings. The molecule has 0 spiro atoms. The van der Waals surface area contributed by atoms with Gasteiger partial charge in [-0.15, -0.1) is 0 Å². The minimum Gasteiger partial charge on any atom is -0.392 e. The summed E-state index contributed by atoms with van der Waals surface area (Å²) in [6.07, 6.45) is -1.69. The molecule has 1 rings (SSSR count). The van der Waals surface area contributed by atoms with Gasteiger partial charge >= 0.3 is 0 Å². The first-order chi connectivity index (χ1) is 5.70. The molecule has 2 atom stereocenters. The van der Waals surface area contributed by atoms with E-state index in [1.54, 1.807) is 0 Å². The molecule has 1 N–H and O–H groups in total. The largest absolute Gasteiger partial charge is 0.392 e. The minimum atomic E-state index is -3.30. The van der Waals surface area contributed by atoms with Crippen molar-refractivity contribution in [3.63, 3.8) is 0 Å². The van der Waals surface area contributed by atoms with E-state index in [0.717, 1.165) is 6.92 Å². The van der Waals surface area contributed by atoms with Crippen molar-refractivity contribution in [2.24, 2.45) is 5.92 Å². The zero-order chi connectivity index (χ0) is 10.3. The lowest BCUT2D eigenvalue weighted by Gasteiger charge is -2.17. The van der Waals surface area contributed by atoms with E-state index in [0.29, 0.717) is 0 Å². The van der Waals surface area contributed by atoms with Crippen molar-refractivity contribution in [3.05, 3.63) is 0 Å². The van der Waals surface area contributed by atoms with Gasteiger partial charge in [0.05, 0.1) is 17.6 Å². The second-order valence-electron chi connectivity index (χ2n) is 3.68. The highest BCUT2D eigenvalue weighted by Gasteiger charge is 2.40. The van der Waals surface area contributed by atoms with E-state index >= 15 is 0 Å². The topological polar surface area (TPSA) is 54.4 Å². The number of sulfone groups is 1. The van der Waals surface area contributed by atoms with Crippen molar-refractivity contribution < 1.29 is 22.3 Å². The normalized spacial score (nSPS) is 33.5. The summed E-state index contributed by atoms with van der Waals surface area (Å²) in [7, 11) is -3.30. The van der Waals surface area contributed by atoms with Crippen LogP contribution in [0.15, 0.2) is 0 Å². The number of halogens is 2. The van der Waals surface area contributed by atoms with Gasteiger partial charge in [0.1, 0.15) is 0 Å². The first-order valence-corrected chi connectivity index (χ1v) is 5.78. The molecule has 1 fully saturated rings. The highest BCUT2D eigenvalue weighted by atomic mass is 32.2. The average Bonchev–Trinajstić information content (AvgIpc) is 2.00. The fourth-order valence-electron chi connectivity index (χ4n) is 1.56. The lowest BCUT2D eigenvalue weighted by Crippen LogP contribution is -2.25. The maximum Gasteiger partial charge on any atom is 0.245 e. The zero-order valence-corrected chi connectivity index (χ0v) is 8.02. The average molecular weight is 214 g/mol. The fourth-order valence-corrected chi connectivity index (χ4v) is 3.48. The number of alkyl halides is 2. The van der Waals surface area contributed by atoms with E-state index in [-0.39, 0.29) is 11.5 Å². The van der Waals surface area contributed by atoms with Gasteiger partial charge in [0.2, 0.25) is 5.92 Å². The van der Waals surface area contributed by atoms with Crippen molar-refractivity contribution in [2.75, 3.05) is 11.5 Å². The van der Waals surface area contributed by atoms with Gasteiger partial charge in [-0.25, -0.2) is 17.2 Å². The predicted octanol–water partition coefficient (Wildman–Crippen LogP) is 0.437. The van der Waals surface area contributed by atoms with E-state index in [2.05, 4.69) is 0 Å². The van der Waals surface area contributed by atoms with Crippen molar-refractivity contribution in [2.45, 2.75) is 25.4 Å². The Hall–Kier alpha value is -0.230. The summed E-state index contributed by atoms with van der Waals surface area (Å²) in [5.74, 6) is -4.43. The molecule has 6 heteroatoms. The third kappa shape index (κ3) is 3.19. The smallest absolute Gasteiger partial charge is 0.245 e. The molecule has 0 aromatic carbocycles. The monoisotopic (exact) mass is 214 g/mol. The van der Waals surface area contributed by atoms with Crippen LogP contribution in [0.1, 0.15) is 13.3 Å². The standard InChI is InChI=1S/C7H12F2O3S/c1-7(8,9)2-5-3-13(11,12)4-6(5)10/h5-6,10H,2-4H2,1H3. The summed E-state index contributed by atoms with van der Waals surface area (Å²) in [6.45, 7) is 0.727. The fraction of sp³-hybridized carbons (Fsp3) is 1.00. The van der Waals surface area contributed by atoms with Crippen LogP contribution in [0.5, 0.6) is 0 Å². The molecule has 78 valence electrons. The molecule has 1 aliphatic heterocycles. The number of hydrogen-bond donors (Lipinski definition) is 1.